The molecule has 4 nitrogen and oxygen atoms in total. The Morgan fingerprint density at radius 3 is 3.16 bits per heavy atom. The lowest BCUT2D eigenvalue weighted by Crippen LogP contribution is -2.23. The molecule has 1 aliphatic heterocycles. The van der Waals surface area contributed by atoms with Crippen LogP contribution in [0.5, 0.6) is 0 Å². The summed E-state index contributed by atoms with van der Waals surface area (Å²) in [5.74, 6) is 1.45. The number of rotatable bonds is 4. The van der Waals surface area contributed by atoms with Gasteiger partial charge in [0.05, 0.1) is 0 Å². The van der Waals surface area contributed by atoms with Gasteiger partial charge < -0.3 is 9.84 Å². The van der Waals surface area contributed by atoms with Crippen LogP contribution in [0.2, 0.25) is 0 Å². The van der Waals surface area contributed by atoms with Gasteiger partial charge in [0, 0.05) is 18.5 Å². The molecule has 1 aromatic carbocycles. The fourth-order valence-corrected chi connectivity index (χ4v) is 2.42. The molecule has 0 radical (unpaired) electrons. The Kier molecular flexibility index (Phi) is 3.60. The first-order valence-corrected chi connectivity index (χ1v) is 7.02. The quantitative estimate of drug-likeness (QED) is 0.915. The lowest BCUT2D eigenvalue weighted by atomic mass is 9.98. The van der Waals surface area contributed by atoms with Gasteiger partial charge in [-0.1, -0.05) is 24.6 Å². The summed E-state index contributed by atoms with van der Waals surface area (Å²) in [7, 11) is 0. The standard InChI is InChI=1S/C15H19N3O/c1-2-3-4-14-17-15(19-18-14)12-6-5-11-7-8-16-10-13(11)9-12/h5-6,9,16H,2-4,7-8,10H2,1H3. The van der Waals surface area contributed by atoms with E-state index in [0.717, 1.165) is 50.2 Å². The maximum absolute atomic E-state index is 5.36. The molecule has 4 heteroatoms. The van der Waals surface area contributed by atoms with Gasteiger partial charge in [-0.05, 0) is 42.6 Å². The lowest BCUT2D eigenvalue weighted by molar-refractivity contribution is 0.421. The molecule has 0 spiro atoms. The van der Waals surface area contributed by atoms with E-state index in [0.29, 0.717) is 5.89 Å². The summed E-state index contributed by atoms with van der Waals surface area (Å²) in [5, 5.41) is 7.43. The second kappa shape index (κ2) is 5.53. The van der Waals surface area contributed by atoms with E-state index in [-0.39, 0.29) is 0 Å². The third-order valence-corrected chi connectivity index (χ3v) is 3.56. The highest BCUT2D eigenvalue weighted by molar-refractivity contribution is 5.56. The Balaban J connectivity index is 1.83. The molecule has 0 amide bonds. The Bertz CT molecular complexity index is 562. The van der Waals surface area contributed by atoms with Crippen LogP contribution in [-0.4, -0.2) is 16.7 Å². The van der Waals surface area contributed by atoms with Gasteiger partial charge >= 0.3 is 0 Å². The highest BCUT2D eigenvalue weighted by Gasteiger charge is 2.13. The van der Waals surface area contributed by atoms with Gasteiger partial charge in [-0.2, -0.15) is 4.98 Å². The molecule has 19 heavy (non-hydrogen) atoms. The normalized spacial score (nSPS) is 14.4. The predicted octanol–water partition coefficient (Wildman–Crippen LogP) is 2.72. The number of aromatic nitrogens is 2. The Labute approximate surface area is 113 Å². The predicted molar refractivity (Wildman–Crippen MR) is 73.8 cm³/mol. The number of unbranched alkanes of at least 4 members (excludes halogenated alkanes) is 1. The SMILES string of the molecule is CCCCc1noc(-c2ccc3c(c2)CNCC3)n1. The Morgan fingerprint density at radius 2 is 2.26 bits per heavy atom. The van der Waals surface area contributed by atoms with Crippen LogP contribution in [-0.2, 0) is 19.4 Å². The van der Waals surface area contributed by atoms with Crippen LogP contribution in [0.25, 0.3) is 11.5 Å². The van der Waals surface area contributed by atoms with Gasteiger partial charge in [0.2, 0.25) is 0 Å². The Hall–Kier alpha value is -1.68. The second-order valence-electron chi connectivity index (χ2n) is 5.03. The van der Waals surface area contributed by atoms with Crippen molar-refractivity contribution < 1.29 is 4.52 Å². The van der Waals surface area contributed by atoms with Gasteiger partial charge in [0.25, 0.3) is 5.89 Å². The van der Waals surface area contributed by atoms with Crippen molar-refractivity contribution in [2.75, 3.05) is 6.54 Å². The number of hydrogen-bond acceptors (Lipinski definition) is 4. The number of aryl methyl sites for hydroxylation is 1. The molecule has 0 unspecified atom stereocenters. The summed E-state index contributed by atoms with van der Waals surface area (Å²) in [6.45, 7) is 4.16. The molecule has 3 rings (SSSR count). The largest absolute Gasteiger partial charge is 0.334 e. The van der Waals surface area contributed by atoms with Crippen LogP contribution in [0.1, 0.15) is 36.7 Å². The van der Waals surface area contributed by atoms with Crippen molar-refractivity contribution in [3.05, 3.63) is 35.2 Å². The second-order valence-corrected chi connectivity index (χ2v) is 5.03. The fourth-order valence-electron chi connectivity index (χ4n) is 2.42. The maximum atomic E-state index is 5.36. The van der Waals surface area contributed by atoms with Crippen molar-refractivity contribution in [1.29, 1.82) is 0 Å². The lowest BCUT2D eigenvalue weighted by Gasteiger charge is -2.16. The molecule has 0 fully saturated rings. The first-order valence-electron chi connectivity index (χ1n) is 7.02. The highest BCUT2D eigenvalue weighted by atomic mass is 16.5. The van der Waals surface area contributed by atoms with Gasteiger partial charge in [-0.3, -0.25) is 0 Å². The molecule has 1 aliphatic rings. The molecule has 0 aliphatic carbocycles. The van der Waals surface area contributed by atoms with Crippen LogP contribution < -0.4 is 5.32 Å². The molecule has 1 N–H and O–H groups in total. The van der Waals surface area contributed by atoms with Crippen molar-refractivity contribution in [3.63, 3.8) is 0 Å². The van der Waals surface area contributed by atoms with E-state index in [1.54, 1.807) is 0 Å². The minimum Gasteiger partial charge on any atom is -0.334 e. The highest BCUT2D eigenvalue weighted by Crippen LogP contribution is 2.23. The molecule has 1 aromatic heterocycles. The smallest absolute Gasteiger partial charge is 0.257 e. The summed E-state index contributed by atoms with van der Waals surface area (Å²) >= 11 is 0. The zero-order valence-corrected chi connectivity index (χ0v) is 11.3. The topological polar surface area (TPSA) is 51.0 Å². The van der Waals surface area contributed by atoms with Gasteiger partial charge in [-0.25, -0.2) is 0 Å². The minimum absolute atomic E-state index is 0.638. The van der Waals surface area contributed by atoms with Crippen LogP contribution >= 0.6 is 0 Å². The van der Waals surface area contributed by atoms with Crippen LogP contribution in [0.4, 0.5) is 0 Å². The van der Waals surface area contributed by atoms with E-state index >= 15 is 0 Å². The van der Waals surface area contributed by atoms with Crippen molar-refractivity contribution in [1.82, 2.24) is 15.5 Å². The van der Waals surface area contributed by atoms with Crippen molar-refractivity contribution in [3.8, 4) is 11.5 Å². The summed E-state index contributed by atoms with van der Waals surface area (Å²) < 4.78 is 5.36. The molecule has 0 atom stereocenters. The van der Waals surface area contributed by atoms with Crippen LogP contribution in [0, 0.1) is 0 Å². The molecular formula is C15H19N3O. The van der Waals surface area contributed by atoms with Crippen LogP contribution in [0.3, 0.4) is 0 Å². The zero-order valence-electron chi connectivity index (χ0n) is 11.3. The zero-order chi connectivity index (χ0) is 13.1. The summed E-state index contributed by atoms with van der Waals surface area (Å²) in [6.07, 6.45) is 4.25. The minimum atomic E-state index is 0.638. The molecular weight excluding hydrogens is 238 g/mol. The fraction of sp³-hybridized carbons (Fsp3) is 0.467. The number of fused-ring (bicyclic) bond motifs is 1. The van der Waals surface area contributed by atoms with E-state index in [1.165, 1.54) is 11.1 Å². The molecule has 0 bridgehead atoms. The number of benzene rings is 1. The molecule has 2 aromatic rings. The Morgan fingerprint density at radius 1 is 1.32 bits per heavy atom. The molecule has 0 saturated heterocycles. The van der Waals surface area contributed by atoms with Gasteiger partial charge in [0.1, 0.15) is 0 Å². The average Bonchev–Trinajstić information content (AvgIpc) is 2.93. The number of nitrogens with zero attached hydrogens (tertiary/aromatic N) is 2. The van der Waals surface area contributed by atoms with Gasteiger partial charge in [-0.15, -0.1) is 0 Å². The number of hydrogen-bond donors (Lipinski definition) is 1. The first-order chi connectivity index (χ1) is 9.36. The van der Waals surface area contributed by atoms with E-state index in [4.69, 9.17) is 4.52 Å². The van der Waals surface area contributed by atoms with E-state index in [2.05, 4.69) is 40.6 Å². The van der Waals surface area contributed by atoms with Gasteiger partial charge in [0.15, 0.2) is 5.82 Å². The van der Waals surface area contributed by atoms with Crippen molar-refractivity contribution in [2.24, 2.45) is 0 Å². The summed E-state index contributed by atoms with van der Waals surface area (Å²) in [5.41, 5.74) is 3.79. The van der Waals surface area contributed by atoms with Crippen molar-refractivity contribution >= 4 is 0 Å². The number of nitrogens with one attached hydrogen (secondary N) is 1. The third-order valence-electron chi connectivity index (χ3n) is 3.56. The third kappa shape index (κ3) is 2.68. The van der Waals surface area contributed by atoms with E-state index < -0.39 is 0 Å². The molecule has 0 saturated carbocycles. The first kappa shape index (κ1) is 12.4. The average molecular weight is 257 g/mol. The van der Waals surface area contributed by atoms with E-state index in [9.17, 15) is 0 Å². The maximum Gasteiger partial charge on any atom is 0.257 e. The summed E-state index contributed by atoms with van der Waals surface area (Å²) in [6, 6.07) is 6.43. The summed E-state index contributed by atoms with van der Waals surface area (Å²) in [4.78, 5) is 4.47. The monoisotopic (exact) mass is 257 g/mol. The molecule has 2 heterocycles. The van der Waals surface area contributed by atoms with E-state index in [1.807, 2.05) is 0 Å². The van der Waals surface area contributed by atoms with Crippen molar-refractivity contribution in [2.45, 2.75) is 39.2 Å². The molecule has 100 valence electrons. The van der Waals surface area contributed by atoms with Crippen LogP contribution in [0.15, 0.2) is 22.7 Å².